The second kappa shape index (κ2) is 6.27. The lowest BCUT2D eigenvalue weighted by molar-refractivity contribution is -0.145. The van der Waals surface area contributed by atoms with Crippen LogP contribution in [0.25, 0.3) is 11.0 Å². The van der Waals surface area contributed by atoms with Crippen molar-refractivity contribution in [3.63, 3.8) is 0 Å². The fourth-order valence-electron chi connectivity index (χ4n) is 2.44. The number of fused-ring (bicyclic) bond motifs is 1. The van der Waals surface area contributed by atoms with Crippen LogP contribution in [0.5, 0.6) is 0 Å². The monoisotopic (exact) mass is 294 g/mol. The number of carbonyl (C=O) groups excluding carboxylic acids is 1. The van der Waals surface area contributed by atoms with Gasteiger partial charge < -0.3 is 9.30 Å². The lowest BCUT2D eigenvalue weighted by Gasteiger charge is -2.15. The third-order valence-electron chi connectivity index (χ3n) is 3.35. The fraction of sp³-hybridized carbons (Fsp3) is 0.467. The third-order valence-corrected chi connectivity index (χ3v) is 3.66. The highest BCUT2D eigenvalue weighted by molar-refractivity contribution is 6.35. The van der Waals surface area contributed by atoms with E-state index >= 15 is 0 Å². The summed E-state index contributed by atoms with van der Waals surface area (Å²) in [5.74, 6) is 0.158. The minimum Gasteiger partial charge on any atom is -0.465 e. The smallest absolute Gasteiger partial charge is 0.316 e. The number of nitrogens with zero attached hydrogens (tertiary/aromatic N) is 2. The molecule has 0 saturated heterocycles. The quantitative estimate of drug-likeness (QED) is 0.789. The molecule has 2 rings (SSSR count). The number of esters is 1. The Morgan fingerprint density at radius 1 is 1.40 bits per heavy atom. The van der Waals surface area contributed by atoms with Gasteiger partial charge in [0.2, 0.25) is 0 Å². The number of halogens is 1. The molecule has 0 bridgehead atoms. The van der Waals surface area contributed by atoms with E-state index in [1.165, 1.54) is 0 Å². The standard InChI is InChI=1S/C15H19ClN2O2/c1-4-10(15(19)20-6-3)14-17-12-9-7-8-11(16)13(12)18(14)5-2/h7-10H,4-6H2,1-3H3. The summed E-state index contributed by atoms with van der Waals surface area (Å²) in [6.45, 7) is 6.88. The Hall–Kier alpha value is -1.55. The molecule has 1 aromatic heterocycles. The number of para-hydroxylation sites is 1. The Kier molecular flexibility index (Phi) is 4.65. The molecule has 1 unspecified atom stereocenters. The minimum atomic E-state index is -0.349. The van der Waals surface area contributed by atoms with Crippen molar-refractivity contribution in [1.82, 2.24) is 9.55 Å². The van der Waals surface area contributed by atoms with Crippen molar-refractivity contribution in [1.29, 1.82) is 0 Å². The zero-order chi connectivity index (χ0) is 14.7. The van der Waals surface area contributed by atoms with Gasteiger partial charge in [-0.25, -0.2) is 4.98 Å². The molecule has 0 spiro atoms. The molecule has 0 aliphatic rings. The Morgan fingerprint density at radius 2 is 2.15 bits per heavy atom. The minimum absolute atomic E-state index is 0.226. The van der Waals surface area contributed by atoms with Crippen LogP contribution in [-0.2, 0) is 16.1 Å². The van der Waals surface area contributed by atoms with Crippen LogP contribution in [0.15, 0.2) is 18.2 Å². The zero-order valence-corrected chi connectivity index (χ0v) is 12.8. The maximum atomic E-state index is 12.1. The summed E-state index contributed by atoms with van der Waals surface area (Å²) < 4.78 is 7.15. The number of aryl methyl sites for hydroxylation is 1. The summed E-state index contributed by atoms with van der Waals surface area (Å²) >= 11 is 6.27. The summed E-state index contributed by atoms with van der Waals surface area (Å²) in [4.78, 5) is 16.7. The Labute approximate surface area is 123 Å². The van der Waals surface area contributed by atoms with Crippen molar-refractivity contribution in [3.05, 3.63) is 29.0 Å². The number of ether oxygens (including phenoxy) is 1. The highest BCUT2D eigenvalue weighted by Crippen LogP contribution is 2.29. The van der Waals surface area contributed by atoms with Crippen molar-refractivity contribution < 1.29 is 9.53 Å². The van der Waals surface area contributed by atoms with E-state index in [0.29, 0.717) is 24.6 Å². The van der Waals surface area contributed by atoms with Gasteiger partial charge in [-0.15, -0.1) is 0 Å². The molecule has 0 fully saturated rings. The molecule has 108 valence electrons. The van der Waals surface area contributed by atoms with E-state index in [9.17, 15) is 4.79 Å². The van der Waals surface area contributed by atoms with Crippen LogP contribution in [0, 0.1) is 0 Å². The van der Waals surface area contributed by atoms with Gasteiger partial charge in [0.15, 0.2) is 0 Å². The number of hydrogen-bond donors (Lipinski definition) is 0. The average molecular weight is 295 g/mol. The van der Waals surface area contributed by atoms with Gasteiger partial charge in [0, 0.05) is 6.54 Å². The summed E-state index contributed by atoms with van der Waals surface area (Å²) in [5.41, 5.74) is 1.70. The molecule has 1 atom stereocenters. The predicted molar refractivity (Wildman–Crippen MR) is 80.1 cm³/mol. The normalized spacial score (nSPS) is 12.6. The molecule has 0 radical (unpaired) electrons. The molecule has 0 aliphatic carbocycles. The summed E-state index contributed by atoms with van der Waals surface area (Å²) in [7, 11) is 0. The SMILES string of the molecule is CCOC(=O)C(CC)c1nc2cccc(Cl)c2n1CC. The first kappa shape index (κ1) is 14.9. The molecule has 1 heterocycles. The Morgan fingerprint density at radius 3 is 2.75 bits per heavy atom. The van der Waals surface area contributed by atoms with Crippen LogP contribution in [0.3, 0.4) is 0 Å². The summed E-state index contributed by atoms with van der Waals surface area (Å²) in [5, 5.41) is 0.654. The van der Waals surface area contributed by atoms with Gasteiger partial charge in [-0.2, -0.15) is 0 Å². The van der Waals surface area contributed by atoms with Crippen molar-refractivity contribution in [2.75, 3.05) is 6.61 Å². The molecule has 0 saturated carbocycles. The van der Waals surface area contributed by atoms with Crippen molar-refractivity contribution in [2.24, 2.45) is 0 Å². The van der Waals surface area contributed by atoms with E-state index in [0.717, 1.165) is 16.9 Å². The van der Waals surface area contributed by atoms with Crippen LogP contribution in [0.2, 0.25) is 5.02 Å². The molecule has 0 aliphatic heterocycles. The number of rotatable bonds is 5. The van der Waals surface area contributed by atoms with Gasteiger partial charge in [-0.1, -0.05) is 24.6 Å². The number of benzene rings is 1. The second-order valence-electron chi connectivity index (χ2n) is 4.53. The maximum absolute atomic E-state index is 12.1. The number of carbonyl (C=O) groups is 1. The number of aromatic nitrogens is 2. The third kappa shape index (κ3) is 2.52. The van der Waals surface area contributed by atoms with Crippen LogP contribution < -0.4 is 0 Å². The van der Waals surface area contributed by atoms with Gasteiger partial charge >= 0.3 is 5.97 Å². The van der Waals surface area contributed by atoms with Crippen molar-refractivity contribution in [2.45, 2.75) is 39.7 Å². The molecule has 0 amide bonds. The van der Waals surface area contributed by atoms with E-state index in [-0.39, 0.29) is 11.9 Å². The van der Waals surface area contributed by atoms with Gasteiger partial charge in [0.1, 0.15) is 11.7 Å². The Bertz CT molecular complexity index is 622. The van der Waals surface area contributed by atoms with E-state index in [1.807, 2.05) is 43.5 Å². The molecule has 0 N–H and O–H groups in total. The maximum Gasteiger partial charge on any atom is 0.316 e. The van der Waals surface area contributed by atoms with E-state index in [1.54, 1.807) is 0 Å². The first-order valence-corrected chi connectivity index (χ1v) is 7.33. The Balaban J connectivity index is 2.58. The summed E-state index contributed by atoms with van der Waals surface area (Å²) in [6, 6.07) is 5.62. The predicted octanol–water partition coefficient (Wildman–Crippen LogP) is 3.77. The highest BCUT2D eigenvalue weighted by atomic mass is 35.5. The van der Waals surface area contributed by atoms with Crippen molar-refractivity contribution >= 4 is 28.6 Å². The average Bonchev–Trinajstić information content (AvgIpc) is 2.79. The van der Waals surface area contributed by atoms with Crippen LogP contribution in [-0.4, -0.2) is 22.1 Å². The zero-order valence-electron chi connectivity index (χ0n) is 12.0. The van der Waals surface area contributed by atoms with Gasteiger partial charge in [-0.05, 0) is 32.4 Å². The largest absolute Gasteiger partial charge is 0.465 e. The van der Waals surface area contributed by atoms with Crippen LogP contribution in [0.4, 0.5) is 0 Å². The lowest BCUT2D eigenvalue weighted by Crippen LogP contribution is -2.19. The van der Waals surface area contributed by atoms with Crippen LogP contribution >= 0.6 is 11.6 Å². The summed E-state index contributed by atoms with van der Waals surface area (Å²) in [6.07, 6.45) is 0.653. The van der Waals surface area contributed by atoms with Crippen molar-refractivity contribution in [3.8, 4) is 0 Å². The molecular weight excluding hydrogens is 276 g/mol. The van der Waals surface area contributed by atoms with Gasteiger partial charge in [-0.3, -0.25) is 4.79 Å². The topological polar surface area (TPSA) is 44.1 Å². The lowest BCUT2D eigenvalue weighted by atomic mass is 10.1. The molecule has 2 aromatic rings. The highest BCUT2D eigenvalue weighted by Gasteiger charge is 2.26. The van der Waals surface area contributed by atoms with Gasteiger partial charge in [0.05, 0.1) is 22.7 Å². The molecule has 5 heteroatoms. The van der Waals surface area contributed by atoms with Gasteiger partial charge in [0.25, 0.3) is 0 Å². The fourth-order valence-corrected chi connectivity index (χ4v) is 2.71. The first-order chi connectivity index (χ1) is 9.63. The number of hydrogen-bond acceptors (Lipinski definition) is 3. The molecular formula is C15H19ClN2O2. The first-order valence-electron chi connectivity index (χ1n) is 6.95. The molecule has 1 aromatic carbocycles. The molecule has 4 nitrogen and oxygen atoms in total. The second-order valence-corrected chi connectivity index (χ2v) is 4.94. The van der Waals surface area contributed by atoms with E-state index in [2.05, 4.69) is 4.98 Å². The van der Waals surface area contributed by atoms with Crippen LogP contribution in [0.1, 0.15) is 38.9 Å². The van der Waals surface area contributed by atoms with E-state index < -0.39 is 0 Å². The number of imidazole rings is 1. The molecule has 20 heavy (non-hydrogen) atoms. The van der Waals surface area contributed by atoms with E-state index in [4.69, 9.17) is 16.3 Å².